The predicted molar refractivity (Wildman–Crippen MR) is 109 cm³/mol. The average molecular weight is 395 g/mol. The van der Waals surface area contributed by atoms with Gasteiger partial charge >= 0.3 is 0 Å². The van der Waals surface area contributed by atoms with Crippen LogP contribution in [-0.2, 0) is 11.2 Å². The topological polar surface area (TPSA) is 73.9 Å². The van der Waals surface area contributed by atoms with Crippen LogP contribution in [0.3, 0.4) is 0 Å². The van der Waals surface area contributed by atoms with Gasteiger partial charge in [-0.3, -0.25) is 9.59 Å². The third-order valence-electron chi connectivity index (χ3n) is 5.47. The van der Waals surface area contributed by atoms with E-state index in [9.17, 15) is 9.59 Å². The van der Waals surface area contributed by atoms with E-state index in [1.807, 2.05) is 12.1 Å². The van der Waals surface area contributed by atoms with E-state index < -0.39 is 5.79 Å². The molecule has 6 nitrogen and oxygen atoms in total. The number of methoxy groups -OCH3 is 1. The molecule has 6 heteroatoms. The second kappa shape index (κ2) is 7.78. The monoisotopic (exact) mass is 395 g/mol. The summed E-state index contributed by atoms with van der Waals surface area (Å²) in [7, 11) is 1.54. The number of hydrogen-bond acceptors (Lipinski definition) is 5. The average Bonchev–Trinajstić information content (AvgIpc) is 3.04. The van der Waals surface area contributed by atoms with Gasteiger partial charge in [0.1, 0.15) is 5.75 Å². The van der Waals surface area contributed by atoms with Gasteiger partial charge in [0.2, 0.25) is 5.91 Å². The van der Waals surface area contributed by atoms with Crippen molar-refractivity contribution in [2.75, 3.05) is 12.4 Å². The molecule has 29 heavy (non-hydrogen) atoms. The molecule has 0 radical (unpaired) electrons. The molecule has 1 fully saturated rings. The minimum atomic E-state index is -0.538. The molecule has 1 amide bonds. The number of carbonyl (C=O) groups excluding carboxylic acids is 2. The summed E-state index contributed by atoms with van der Waals surface area (Å²) in [5.74, 6) is 1.18. The molecule has 0 atom stereocenters. The van der Waals surface area contributed by atoms with Crippen molar-refractivity contribution in [3.63, 3.8) is 0 Å². The molecule has 1 heterocycles. The Hall–Kier alpha value is -3.02. The summed E-state index contributed by atoms with van der Waals surface area (Å²) in [6, 6.07) is 10.6. The summed E-state index contributed by atoms with van der Waals surface area (Å²) in [5.41, 5.74) is 1.86. The van der Waals surface area contributed by atoms with Crippen molar-refractivity contribution in [3.05, 3.63) is 47.5 Å². The number of amides is 1. The lowest BCUT2D eigenvalue weighted by Gasteiger charge is -2.31. The zero-order valence-electron chi connectivity index (χ0n) is 16.7. The molecule has 1 spiro atoms. The van der Waals surface area contributed by atoms with E-state index >= 15 is 0 Å². The molecule has 2 aromatic carbocycles. The number of nitrogens with one attached hydrogen (secondary N) is 1. The van der Waals surface area contributed by atoms with Gasteiger partial charge in [0.15, 0.2) is 17.3 Å². The highest BCUT2D eigenvalue weighted by Crippen LogP contribution is 2.46. The van der Waals surface area contributed by atoms with Gasteiger partial charge in [0.25, 0.3) is 5.79 Å². The van der Waals surface area contributed by atoms with E-state index in [1.54, 1.807) is 31.4 Å². The van der Waals surface area contributed by atoms with Crippen molar-refractivity contribution in [1.82, 2.24) is 0 Å². The summed E-state index contributed by atoms with van der Waals surface area (Å²) in [4.78, 5) is 24.2. The van der Waals surface area contributed by atoms with Crippen LogP contribution in [0.5, 0.6) is 17.2 Å². The summed E-state index contributed by atoms with van der Waals surface area (Å²) in [6.45, 7) is 1.50. The van der Waals surface area contributed by atoms with E-state index in [2.05, 4.69) is 5.32 Å². The first-order valence-electron chi connectivity index (χ1n) is 9.98. The van der Waals surface area contributed by atoms with Crippen LogP contribution in [0.2, 0.25) is 0 Å². The molecule has 1 N–H and O–H groups in total. The zero-order chi connectivity index (χ0) is 20.4. The number of fused-ring (bicyclic) bond motifs is 1. The van der Waals surface area contributed by atoms with E-state index in [1.165, 1.54) is 13.3 Å². The Kier molecular flexibility index (Phi) is 5.18. The molecule has 2 aromatic rings. The fourth-order valence-electron chi connectivity index (χ4n) is 3.98. The Morgan fingerprint density at radius 1 is 1.03 bits per heavy atom. The Morgan fingerprint density at radius 3 is 2.52 bits per heavy atom. The van der Waals surface area contributed by atoms with Crippen LogP contribution in [0.4, 0.5) is 5.69 Å². The highest BCUT2D eigenvalue weighted by molar-refractivity contribution is 5.96. The molecule has 2 aliphatic rings. The van der Waals surface area contributed by atoms with Crippen LogP contribution in [-0.4, -0.2) is 24.6 Å². The van der Waals surface area contributed by atoms with Crippen LogP contribution in [0.15, 0.2) is 36.4 Å². The third kappa shape index (κ3) is 4.06. The van der Waals surface area contributed by atoms with Crippen LogP contribution >= 0.6 is 0 Å². The molecular formula is C23H25NO5. The minimum Gasteiger partial charge on any atom is -0.496 e. The number of ketones is 1. The number of Topliss-reactive ketones (excluding diaryl/α,β-unsaturated/α-hetero) is 1. The van der Waals surface area contributed by atoms with Gasteiger partial charge in [0, 0.05) is 35.7 Å². The maximum absolute atomic E-state index is 12.6. The largest absolute Gasteiger partial charge is 0.496 e. The zero-order valence-corrected chi connectivity index (χ0v) is 16.7. The van der Waals surface area contributed by atoms with Gasteiger partial charge in [-0.1, -0.05) is 6.42 Å². The lowest BCUT2D eigenvalue weighted by Crippen LogP contribution is -2.40. The van der Waals surface area contributed by atoms with E-state index in [4.69, 9.17) is 14.2 Å². The fourth-order valence-corrected chi connectivity index (χ4v) is 3.98. The number of anilines is 1. The number of hydrogen-bond donors (Lipinski definition) is 1. The maximum Gasteiger partial charge on any atom is 0.251 e. The van der Waals surface area contributed by atoms with Crippen LogP contribution in [0.25, 0.3) is 0 Å². The Balaban J connectivity index is 1.46. The number of rotatable bonds is 5. The number of ether oxygens (including phenoxy) is 3. The van der Waals surface area contributed by atoms with Gasteiger partial charge in [0.05, 0.1) is 13.5 Å². The quantitative estimate of drug-likeness (QED) is 0.754. The maximum atomic E-state index is 12.6. The second-order valence-electron chi connectivity index (χ2n) is 7.64. The van der Waals surface area contributed by atoms with Gasteiger partial charge < -0.3 is 19.5 Å². The molecule has 152 valence electrons. The highest BCUT2D eigenvalue weighted by Gasteiger charge is 2.42. The lowest BCUT2D eigenvalue weighted by atomic mass is 9.94. The highest BCUT2D eigenvalue weighted by atomic mass is 16.7. The molecule has 0 unspecified atom stereocenters. The van der Waals surface area contributed by atoms with Crippen molar-refractivity contribution in [2.45, 2.75) is 51.2 Å². The Morgan fingerprint density at radius 2 is 1.79 bits per heavy atom. The molecule has 1 saturated carbocycles. The first-order valence-corrected chi connectivity index (χ1v) is 9.98. The van der Waals surface area contributed by atoms with Crippen LogP contribution < -0.4 is 19.5 Å². The first kappa shape index (κ1) is 19.3. The Bertz CT molecular complexity index is 946. The normalized spacial score (nSPS) is 16.5. The summed E-state index contributed by atoms with van der Waals surface area (Å²) in [5, 5.41) is 2.90. The van der Waals surface area contributed by atoms with Crippen molar-refractivity contribution < 1.29 is 23.8 Å². The van der Waals surface area contributed by atoms with Crippen LogP contribution in [0, 0.1) is 0 Å². The van der Waals surface area contributed by atoms with Gasteiger partial charge in [-0.15, -0.1) is 0 Å². The SMILES string of the molecule is COc1ccc(C(C)=O)cc1CC(=O)Nc1ccc2c(c1)OC1(CCCCC1)O2. The smallest absolute Gasteiger partial charge is 0.251 e. The molecular weight excluding hydrogens is 370 g/mol. The summed E-state index contributed by atoms with van der Waals surface area (Å²) < 4.78 is 17.5. The van der Waals surface area contributed by atoms with E-state index in [0.717, 1.165) is 31.4 Å². The fraction of sp³-hybridized carbons (Fsp3) is 0.391. The van der Waals surface area contributed by atoms with Crippen molar-refractivity contribution in [3.8, 4) is 17.2 Å². The molecule has 1 aliphatic heterocycles. The number of benzene rings is 2. The third-order valence-corrected chi connectivity index (χ3v) is 5.47. The summed E-state index contributed by atoms with van der Waals surface area (Å²) >= 11 is 0. The predicted octanol–water partition coefficient (Wildman–Crippen LogP) is 4.51. The molecule has 1 aliphatic carbocycles. The van der Waals surface area contributed by atoms with Gasteiger partial charge in [-0.25, -0.2) is 0 Å². The van der Waals surface area contributed by atoms with Crippen molar-refractivity contribution in [2.24, 2.45) is 0 Å². The van der Waals surface area contributed by atoms with Gasteiger partial charge in [-0.05, 0) is 50.1 Å². The molecule has 0 bridgehead atoms. The second-order valence-corrected chi connectivity index (χ2v) is 7.64. The standard InChI is InChI=1S/C23H25NO5/c1-15(25)16-6-8-19(27-2)17(12-16)13-22(26)24-18-7-9-20-21(14-18)29-23(28-20)10-4-3-5-11-23/h6-9,12,14H,3-5,10-11,13H2,1-2H3,(H,24,26). The minimum absolute atomic E-state index is 0.0540. The lowest BCUT2D eigenvalue weighted by molar-refractivity contribution is -0.115. The van der Waals surface area contributed by atoms with Gasteiger partial charge in [-0.2, -0.15) is 0 Å². The van der Waals surface area contributed by atoms with E-state index in [0.29, 0.717) is 28.3 Å². The molecule has 0 aromatic heterocycles. The molecule has 4 rings (SSSR count). The van der Waals surface area contributed by atoms with Crippen LogP contribution in [0.1, 0.15) is 54.9 Å². The van der Waals surface area contributed by atoms with Crippen molar-refractivity contribution >= 4 is 17.4 Å². The summed E-state index contributed by atoms with van der Waals surface area (Å²) in [6.07, 6.45) is 5.27. The first-order chi connectivity index (χ1) is 14.0. The Labute approximate surface area is 170 Å². The van der Waals surface area contributed by atoms with Crippen molar-refractivity contribution in [1.29, 1.82) is 0 Å². The molecule has 0 saturated heterocycles. The van der Waals surface area contributed by atoms with E-state index in [-0.39, 0.29) is 18.1 Å². The number of carbonyl (C=O) groups is 2.